The first-order chi connectivity index (χ1) is 8.74. The Labute approximate surface area is 106 Å². The zero-order valence-electron chi connectivity index (χ0n) is 10.3. The second-order valence-electron chi connectivity index (χ2n) is 4.20. The van der Waals surface area contributed by atoms with Crippen LogP contribution in [0.5, 0.6) is 0 Å². The minimum atomic E-state index is -0.948. The summed E-state index contributed by atoms with van der Waals surface area (Å²) in [5.74, 6) is -0.948. The van der Waals surface area contributed by atoms with E-state index >= 15 is 0 Å². The predicted octanol–water partition coefficient (Wildman–Crippen LogP) is 3.12. The van der Waals surface area contributed by atoms with Crippen LogP contribution in [-0.4, -0.2) is 21.3 Å². The molecule has 0 aliphatic heterocycles. The number of benzene rings is 1. The summed E-state index contributed by atoms with van der Waals surface area (Å²) in [6.07, 6.45) is 2.72. The topological polar surface area (TPSA) is 66.0 Å². The molecule has 4 nitrogen and oxygen atoms in total. The quantitative estimate of drug-likeness (QED) is 0.849. The van der Waals surface area contributed by atoms with Crippen molar-refractivity contribution in [2.45, 2.75) is 26.2 Å². The Morgan fingerprint density at radius 3 is 2.67 bits per heavy atom. The van der Waals surface area contributed by atoms with Crippen molar-refractivity contribution in [1.29, 1.82) is 0 Å². The highest BCUT2D eigenvalue weighted by atomic mass is 16.4. The largest absolute Gasteiger partial charge is 0.477 e. The van der Waals surface area contributed by atoms with Crippen molar-refractivity contribution in [3.63, 3.8) is 0 Å². The smallest absolute Gasteiger partial charge is 0.354 e. The molecule has 0 aliphatic carbocycles. The maximum absolute atomic E-state index is 11.2. The van der Waals surface area contributed by atoms with E-state index in [4.69, 9.17) is 5.11 Å². The first-order valence-corrected chi connectivity index (χ1v) is 6.10. The molecule has 0 saturated carbocycles. The van der Waals surface area contributed by atoms with Crippen molar-refractivity contribution in [2.75, 3.05) is 0 Å². The summed E-state index contributed by atoms with van der Waals surface area (Å²) in [4.78, 5) is 11.2. The molecule has 2 aromatic rings. The number of nitrogens with zero attached hydrogens (tertiary/aromatic N) is 1. The number of carboxylic acid groups (broad SMARTS) is 1. The number of unbranched alkanes of at least 4 members (excludes halogenated alkanes) is 1. The number of H-pyrrole nitrogens is 1. The van der Waals surface area contributed by atoms with Crippen LogP contribution in [0.2, 0.25) is 0 Å². The Morgan fingerprint density at radius 2 is 2.06 bits per heavy atom. The normalized spacial score (nSPS) is 10.5. The van der Waals surface area contributed by atoms with E-state index in [9.17, 15) is 4.79 Å². The number of aromatic nitrogens is 2. The van der Waals surface area contributed by atoms with E-state index in [2.05, 4.69) is 17.1 Å². The maximum Gasteiger partial charge on any atom is 0.354 e. The molecule has 0 radical (unpaired) electrons. The molecule has 4 heteroatoms. The van der Waals surface area contributed by atoms with E-state index in [0.29, 0.717) is 0 Å². The minimum Gasteiger partial charge on any atom is -0.477 e. The van der Waals surface area contributed by atoms with Crippen LogP contribution >= 0.6 is 0 Å². The van der Waals surface area contributed by atoms with Gasteiger partial charge in [0.15, 0.2) is 0 Å². The van der Waals surface area contributed by atoms with Crippen molar-refractivity contribution in [2.24, 2.45) is 0 Å². The molecule has 94 valence electrons. The van der Waals surface area contributed by atoms with Gasteiger partial charge in [0.2, 0.25) is 0 Å². The third-order valence-electron chi connectivity index (χ3n) is 2.91. The highest BCUT2D eigenvalue weighted by Crippen LogP contribution is 2.25. The predicted molar refractivity (Wildman–Crippen MR) is 69.6 cm³/mol. The average Bonchev–Trinajstić information content (AvgIpc) is 2.81. The molecule has 18 heavy (non-hydrogen) atoms. The van der Waals surface area contributed by atoms with Crippen LogP contribution in [0.4, 0.5) is 0 Å². The summed E-state index contributed by atoms with van der Waals surface area (Å²) in [7, 11) is 0. The number of carboxylic acids is 1. The van der Waals surface area contributed by atoms with E-state index in [1.807, 2.05) is 30.3 Å². The second-order valence-corrected chi connectivity index (χ2v) is 4.20. The van der Waals surface area contributed by atoms with Crippen LogP contribution in [0.15, 0.2) is 30.3 Å². The Morgan fingerprint density at radius 1 is 1.33 bits per heavy atom. The molecule has 0 aliphatic rings. The highest BCUT2D eigenvalue weighted by Gasteiger charge is 2.18. The number of hydrogen-bond acceptors (Lipinski definition) is 2. The summed E-state index contributed by atoms with van der Waals surface area (Å²) in [6.45, 7) is 2.09. The van der Waals surface area contributed by atoms with Crippen molar-refractivity contribution in [1.82, 2.24) is 10.2 Å². The first-order valence-electron chi connectivity index (χ1n) is 6.10. The van der Waals surface area contributed by atoms with Crippen LogP contribution < -0.4 is 0 Å². The van der Waals surface area contributed by atoms with Crippen molar-refractivity contribution in [3.8, 4) is 11.3 Å². The second kappa shape index (κ2) is 5.49. The summed E-state index contributed by atoms with van der Waals surface area (Å²) in [5, 5.41) is 15.9. The molecule has 2 N–H and O–H groups in total. The summed E-state index contributed by atoms with van der Waals surface area (Å²) in [6, 6.07) is 9.66. The molecule has 1 aromatic heterocycles. The maximum atomic E-state index is 11.2. The summed E-state index contributed by atoms with van der Waals surface area (Å²) >= 11 is 0. The Kier molecular flexibility index (Phi) is 3.77. The van der Waals surface area contributed by atoms with Gasteiger partial charge in [-0.15, -0.1) is 0 Å². The van der Waals surface area contributed by atoms with Crippen LogP contribution in [-0.2, 0) is 6.42 Å². The number of carbonyl (C=O) groups is 1. The minimum absolute atomic E-state index is 0.210. The van der Waals surface area contributed by atoms with Gasteiger partial charge in [0, 0.05) is 11.1 Å². The molecule has 1 heterocycles. The Balaban J connectivity index is 2.44. The van der Waals surface area contributed by atoms with Gasteiger partial charge in [-0.05, 0) is 12.8 Å². The standard InChI is InChI=1S/C14H16N2O2/c1-2-3-9-11-12(10-7-5-4-6-8-10)15-16-13(11)14(17)18/h4-8H,2-3,9H2,1H3,(H,15,16)(H,17,18). The third-order valence-corrected chi connectivity index (χ3v) is 2.91. The van der Waals surface area contributed by atoms with E-state index in [0.717, 1.165) is 36.1 Å². The number of rotatable bonds is 5. The van der Waals surface area contributed by atoms with Crippen molar-refractivity contribution < 1.29 is 9.90 Å². The summed E-state index contributed by atoms with van der Waals surface area (Å²) in [5.41, 5.74) is 2.71. The Bertz CT molecular complexity index is 532. The van der Waals surface area contributed by atoms with Gasteiger partial charge in [-0.1, -0.05) is 43.7 Å². The molecular weight excluding hydrogens is 228 g/mol. The molecule has 0 saturated heterocycles. The zero-order chi connectivity index (χ0) is 13.0. The van der Waals surface area contributed by atoms with Gasteiger partial charge in [-0.3, -0.25) is 5.10 Å². The van der Waals surface area contributed by atoms with Gasteiger partial charge in [0.05, 0.1) is 5.69 Å². The van der Waals surface area contributed by atoms with E-state index in [1.54, 1.807) is 0 Å². The highest BCUT2D eigenvalue weighted by molar-refractivity contribution is 5.89. The number of hydrogen-bond donors (Lipinski definition) is 2. The lowest BCUT2D eigenvalue weighted by Gasteiger charge is -2.03. The van der Waals surface area contributed by atoms with Crippen LogP contribution in [0.3, 0.4) is 0 Å². The molecule has 0 bridgehead atoms. The van der Waals surface area contributed by atoms with Gasteiger partial charge < -0.3 is 5.11 Å². The number of aromatic carboxylic acids is 1. The molecule has 1 aromatic carbocycles. The summed E-state index contributed by atoms with van der Waals surface area (Å²) < 4.78 is 0. The molecule has 0 amide bonds. The van der Waals surface area contributed by atoms with Gasteiger partial charge in [-0.25, -0.2) is 4.79 Å². The zero-order valence-corrected chi connectivity index (χ0v) is 10.3. The van der Waals surface area contributed by atoms with E-state index < -0.39 is 5.97 Å². The van der Waals surface area contributed by atoms with Crippen molar-refractivity contribution >= 4 is 5.97 Å². The lowest BCUT2D eigenvalue weighted by atomic mass is 10.0. The third kappa shape index (κ3) is 2.42. The van der Waals surface area contributed by atoms with E-state index in [-0.39, 0.29) is 5.69 Å². The first kappa shape index (κ1) is 12.4. The lowest BCUT2D eigenvalue weighted by Crippen LogP contribution is -2.02. The Hall–Kier alpha value is -2.10. The van der Waals surface area contributed by atoms with Gasteiger partial charge >= 0.3 is 5.97 Å². The monoisotopic (exact) mass is 244 g/mol. The SMILES string of the molecule is CCCCc1c(-c2ccccc2)n[nH]c1C(=O)O. The van der Waals surface area contributed by atoms with Crippen molar-refractivity contribution in [3.05, 3.63) is 41.6 Å². The fourth-order valence-electron chi connectivity index (χ4n) is 1.97. The molecule has 0 fully saturated rings. The van der Waals surface area contributed by atoms with E-state index in [1.165, 1.54) is 0 Å². The fourth-order valence-corrected chi connectivity index (χ4v) is 1.97. The van der Waals surface area contributed by atoms with Crippen LogP contribution in [0.25, 0.3) is 11.3 Å². The molecule has 0 unspecified atom stereocenters. The number of nitrogens with one attached hydrogen (secondary N) is 1. The lowest BCUT2D eigenvalue weighted by molar-refractivity contribution is 0.0689. The molecule has 0 spiro atoms. The fraction of sp³-hybridized carbons (Fsp3) is 0.286. The van der Waals surface area contributed by atoms with Crippen LogP contribution in [0, 0.1) is 0 Å². The molecule has 2 rings (SSSR count). The number of aromatic amines is 1. The van der Waals surface area contributed by atoms with Gasteiger partial charge in [0.1, 0.15) is 5.69 Å². The van der Waals surface area contributed by atoms with Crippen LogP contribution in [0.1, 0.15) is 35.8 Å². The molecule has 0 atom stereocenters. The van der Waals surface area contributed by atoms with Gasteiger partial charge in [0.25, 0.3) is 0 Å². The molecular formula is C14H16N2O2. The average molecular weight is 244 g/mol. The van der Waals surface area contributed by atoms with Gasteiger partial charge in [-0.2, -0.15) is 5.10 Å².